The Labute approximate surface area is 76.5 Å². The lowest BCUT2D eigenvalue weighted by Crippen LogP contribution is -2.49. The molecule has 74 valence electrons. The maximum Gasteiger partial charge on any atom is 0.407 e. The summed E-state index contributed by atoms with van der Waals surface area (Å²) in [5.41, 5.74) is 0.158. The molecule has 0 aromatic carbocycles. The van der Waals surface area contributed by atoms with Crippen molar-refractivity contribution < 1.29 is 14.3 Å². The summed E-state index contributed by atoms with van der Waals surface area (Å²) in [7, 11) is 0. The quantitative estimate of drug-likeness (QED) is 0.629. The SMILES string of the molecule is O=C(O)N1CCC2(CC1)CC(F)C2. The molecular weight excluding hydrogens is 173 g/mol. The zero-order valence-electron chi connectivity index (χ0n) is 7.50. The van der Waals surface area contributed by atoms with Crippen LogP contribution in [-0.4, -0.2) is 35.4 Å². The molecule has 0 bridgehead atoms. The molecule has 0 aromatic heterocycles. The number of alkyl halides is 1. The maximum absolute atomic E-state index is 12.7. The van der Waals surface area contributed by atoms with E-state index >= 15 is 0 Å². The predicted octanol–water partition coefficient (Wildman–Crippen LogP) is 1.88. The van der Waals surface area contributed by atoms with Gasteiger partial charge in [-0.25, -0.2) is 9.18 Å². The summed E-state index contributed by atoms with van der Waals surface area (Å²) in [6.07, 6.45) is 1.53. The lowest BCUT2D eigenvalue weighted by atomic mass is 9.62. The Kier molecular flexibility index (Phi) is 1.93. The van der Waals surface area contributed by atoms with Crippen LogP contribution >= 0.6 is 0 Å². The predicted molar refractivity (Wildman–Crippen MR) is 45.4 cm³/mol. The number of carboxylic acid groups (broad SMARTS) is 1. The Morgan fingerprint density at radius 2 is 1.92 bits per heavy atom. The van der Waals surface area contributed by atoms with E-state index in [1.54, 1.807) is 0 Å². The molecule has 1 saturated carbocycles. The van der Waals surface area contributed by atoms with E-state index in [0.717, 1.165) is 12.8 Å². The fourth-order valence-corrected chi connectivity index (χ4v) is 2.46. The van der Waals surface area contributed by atoms with Gasteiger partial charge in [0.1, 0.15) is 6.17 Å². The number of likely N-dealkylation sites (tertiary alicyclic amines) is 1. The average molecular weight is 187 g/mol. The van der Waals surface area contributed by atoms with Crippen LogP contribution in [0.3, 0.4) is 0 Å². The normalized spacial score (nSPS) is 27.3. The van der Waals surface area contributed by atoms with E-state index in [1.807, 2.05) is 0 Å². The second-order valence-corrected chi connectivity index (χ2v) is 4.28. The number of halogens is 1. The van der Waals surface area contributed by atoms with Crippen molar-refractivity contribution in [2.24, 2.45) is 5.41 Å². The fourth-order valence-electron chi connectivity index (χ4n) is 2.46. The van der Waals surface area contributed by atoms with Crippen LogP contribution in [0.25, 0.3) is 0 Å². The second-order valence-electron chi connectivity index (χ2n) is 4.28. The molecule has 1 amide bonds. The van der Waals surface area contributed by atoms with Crippen LogP contribution in [0.1, 0.15) is 25.7 Å². The first kappa shape index (κ1) is 8.78. The number of amides is 1. The minimum Gasteiger partial charge on any atom is -0.465 e. The van der Waals surface area contributed by atoms with Crippen molar-refractivity contribution in [3.05, 3.63) is 0 Å². The highest BCUT2D eigenvalue weighted by atomic mass is 19.1. The van der Waals surface area contributed by atoms with Gasteiger partial charge < -0.3 is 10.0 Å². The molecule has 1 heterocycles. The van der Waals surface area contributed by atoms with E-state index in [1.165, 1.54) is 4.90 Å². The highest BCUT2D eigenvalue weighted by Crippen LogP contribution is 2.50. The van der Waals surface area contributed by atoms with Crippen molar-refractivity contribution in [2.45, 2.75) is 31.9 Å². The van der Waals surface area contributed by atoms with Crippen molar-refractivity contribution in [1.29, 1.82) is 0 Å². The fraction of sp³-hybridized carbons (Fsp3) is 0.889. The molecule has 1 saturated heterocycles. The first-order chi connectivity index (χ1) is 6.11. The summed E-state index contributed by atoms with van der Waals surface area (Å²) in [5, 5.41) is 8.70. The van der Waals surface area contributed by atoms with Crippen molar-refractivity contribution in [3.63, 3.8) is 0 Å². The van der Waals surface area contributed by atoms with E-state index in [0.29, 0.717) is 25.9 Å². The molecule has 0 radical (unpaired) electrons. The Morgan fingerprint density at radius 3 is 2.31 bits per heavy atom. The zero-order chi connectivity index (χ0) is 9.47. The summed E-state index contributed by atoms with van der Waals surface area (Å²) in [6.45, 7) is 1.17. The van der Waals surface area contributed by atoms with Crippen LogP contribution in [0, 0.1) is 5.41 Å². The van der Waals surface area contributed by atoms with Crippen LogP contribution in [0.5, 0.6) is 0 Å². The third kappa shape index (κ3) is 1.49. The maximum atomic E-state index is 12.7. The topological polar surface area (TPSA) is 40.5 Å². The van der Waals surface area contributed by atoms with Gasteiger partial charge in [-0.15, -0.1) is 0 Å². The monoisotopic (exact) mass is 187 g/mol. The van der Waals surface area contributed by atoms with Gasteiger partial charge >= 0.3 is 6.09 Å². The standard InChI is InChI=1S/C9H14FNO2/c10-7-5-9(6-7)1-3-11(4-2-9)8(12)13/h7H,1-6H2,(H,12,13). The van der Waals surface area contributed by atoms with Gasteiger partial charge in [0.25, 0.3) is 0 Å². The van der Waals surface area contributed by atoms with E-state index in [-0.39, 0.29) is 5.41 Å². The van der Waals surface area contributed by atoms with Gasteiger partial charge in [-0.3, -0.25) is 0 Å². The van der Waals surface area contributed by atoms with Crippen LogP contribution in [0.2, 0.25) is 0 Å². The molecule has 1 aliphatic heterocycles. The van der Waals surface area contributed by atoms with Crippen LogP contribution < -0.4 is 0 Å². The first-order valence-electron chi connectivity index (χ1n) is 4.73. The molecule has 4 heteroatoms. The number of carbonyl (C=O) groups is 1. The molecule has 1 aliphatic carbocycles. The first-order valence-corrected chi connectivity index (χ1v) is 4.73. The third-order valence-corrected chi connectivity index (χ3v) is 3.40. The number of rotatable bonds is 0. The Hall–Kier alpha value is -0.800. The van der Waals surface area contributed by atoms with Crippen LogP contribution in [0.4, 0.5) is 9.18 Å². The van der Waals surface area contributed by atoms with Crippen molar-refractivity contribution in [1.82, 2.24) is 4.90 Å². The molecular formula is C9H14FNO2. The molecule has 3 nitrogen and oxygen atoms in total. The second kappa shape index (κ2) is 2.86. The van der Waals surface area contributed by atoms with Gasteiger partial charge in [-0.05, 0) is 31.1 Å². The van der Waals surface area contributed by atoms with Gasteiger partial charge in [0.05, 0.1) is 0 Å². The largest absolute Gasteiger partial charge is 0.465 e. The summed E-state index contributed by atoms with van der Waals surface area (Å²) >= 11 is 0. The van der Waals surface area contributed by atoms with E-state index in [2.05, 4.69) is 0 Å². The Bertz CT molecular complexity index is 216. The summed E-state index contributed by atoms with van der Waals surface area (Å²) in [6, 6.07) is 0. The summed E-state index contributed by atoms with van der Waals surface area (Å²) < 4.78 is 12.7. The zero-order valence-corrected chi connectivity index (χ0v) is 7.50. The highest BCUT2D eigenvalue weighted by molar-refractivity contribution is 5.65. The molecule has 1 spiro atoms. The molecule has 2 fully saturated rings. The van der Waals surface area contributed by atoms with E-state index < -0.39 is 12.3 Å². The molecule has 1 N–H and O–H groups in total. The van der Waals surface area contributed by atoms with Gasteiger partial charge in [-0.2, -0.15) is 0 Å². The molecule has 2 aliphatic rings. The van der Waals surface area contributed by atoms with Gasteiger partial charge in [-0.1, -0.05) is 0 Å². The minimum atomic E-state index is -0.842. The lowest BCUT2D eigenvalue weighted by molar-refractivity contribution is -0.0242. The molecule has 0 unspecified atom stereocenters. The summed E-state index contributed by atoms with van der Waals surface area (Å²) in [5.74, 6) is 0. The Balaban J connectivity index is 1.86. The van der Waals surface area contributed by atoms with E-state index in [9.17, 15) is 9.18 Å². The van der Waals surface area contributed by atoms with Gasteiger partial charge in [0.15, 0.2) is 0 Å². The third-order valence-electron chi connectivity index (χ3n) is 3.40. The smallest absolute Gasteiger partial charge is 0.407 e. The van der Waals surface area contributed by atoms with Crippen LogP contribution in [-0.2, 0) is 0 Å². The minimum absolute atomic E-state index is 0.158. The van der Waals surface area contributed by atoms with Crippen molar-refractivity contribution in [3.8, 4) is 0 Å². The lowest BCUT2D eigenvalue weighted by Gasteiger charge is -2.49. The number of nitrogens with zero attached hydrogens (tertiary/aromatic N) is 1. The number of piperidine rings is 1. The number of hydrogen-bond donors (Lipinski definition) is 1. The molecule has 2 rings (SSSR count). The molecule has 13 heavy (non-hydrogen) atoms. The summed E-state index contributed by atoms with van der Waals surface area (Å²) in [4.78, 5) is 12.0. The highest BCUT2D eigenvalue weighted by Gasteiger charge is 2.46. The van der Waals surface area contributed by atoms with Gasteiger partial charge in [0, 0.05) is 13.1 Å². The molecule has 0 aromatic rings. The van der Waals surface area contributed by atoms with Crippen molar-refractivity contribution >= 4 is 6.09 Å². The Morgan fingerprint density at radius 1 is 1.38 bits per heavy atom. The van der Waals surface area contributed by atoms with E-state index in [4.69, 9.17) is 5.11 Å². The van der Waals surface area contributed by atoms with Crippen molar-refractivity contribution in [2.75, 3.05) is 13.1 Å². The van der Waals surface area contributed by atoms with Gasteiger partial charge in [0.2, 0.25) is 0 Å². The molecule has 0 atom stereocenters. The average Bonchev–Trinajstić information content (AvgIpc) is 2.03. The van der Waals surface area contributed by atoms with Crippen LogP contribution in [0.15, 0.2) is 0 Å². The number of hydrogen-bond acceptors (Lipinski definition) is 1.